The highest BCUT2D eigenvalue weighted by atomic mass is 16.5. The predicted octanol–water partition coefficient (Wildman–Crippen LogP) is 5.50. The first-order valence-corrected chi connectivity index (χ1v) is 9.11. The third-order valence-corrected chi connectivity index (χ3v) is 5.38. The minimum absolute atomic E-state index is 0.00750. The van der Waals surface area contributed by atoms with Gasteiger partial charge in [-0.2, -0.15) is 0 Å². The van der Waals surface area contributed by atoms with Crippen molar-refractivity contribution in [1.82, 2.24) is 0 Å². The fourth-order valence-electron chi connectivity index (χ4n) is 4.08. The monoisotopic (exact) mass is 350 g/mol. The largest absolute Gasteiger partial charge is 0.353 e. The van der Waals surface area contributed by atoms with Gasteiger partial charge < -0.3 is 4.74 Å². The van der Waals surface area contributed by atoms with Crippen LogP contribution in [0, 0.1) is 0 Å². The van der Waals surface area contributed by atoms with E-state index in [1.54, 1.807) is 0 Å². The van der Waals surface area contributed by atoms with E-state index in [0.29, 0.717) is 6.61 Å². The Labute approximate surface area is 158 Å². The molecule has 0 amide bonds. The van der Waals surface area contributed by atoms with Gasteiger partial charge in [0.05, 0.1) is 6.61 Å². The highest BCUT2D eigenvalue weighted by Crippen LogP contribution is 2.44. The molecule has 5 rings (SSSR count). The number of rotatable bonds is 2. The van der Waals surface area contributed by atoms with Crippen LogP contribution in [0.2, 0.25) is 0 Å². The minimum Gasteiger partial charge on any atom is -0.353 e. The molecule has 1 aliphatic rings. The van der Waals surface area contributed by atoms with E-state index in [2.05, 4.69) is 18.2 Å². The van der Waals surface area contributed by atoms with Gasteiger partial charge in [0.1, 0.15) is 0 Å². The van der Waals surface area contributed by atoms with Crippen LogP contribution in [0.1, 0.15) is 27.0 Å². The first-order chi connectivity index (χ1) is 13.3. The molecule has 1 unspecified atom stereocenters. The number of carbonyl (C=O) groups excluding carboxylic acids is 1. The van der Waals surface area contributed by atoms with Crippen molar-refractivity contribution in [3.8, 4) is 0 Å². The number of Topliss-reactive ketones (excluding diaryl/α,β-unsaturated/α-hetero) is 1. The zero-order valence-electron chi connectivity index (χ0n) is 14.8. The van der Waals surface area contributed by atoms with Crippen LogP contribution in [0.3, 0.4) is 0 Å². The molecule has 2 heteroatoms. The van der Waals surface area contributed by atoms with Crippen LogP contribution in [-0.4, -0.2) is 5.78 Å². The van der Waals surface area contributed by atoms with E-state index in [0.717, 1.165) is 33.0 Å². The Morgan fingerprint density at radius 2 is 1.41 bits per heavy atom. The lowest BCUT2D eigenvalue weighted by molar-refractivity contribution is -0.0213. The molecular weight excluding hydrogens is 332 g/mol. The molecule has 0 aromatic heterocycles. The van der Waals surface area contributed by atoms with Crippen LogP contribution in [0.15, 0.2) is 97.1 Å². The maximum atomic E-state index is 13.9. The zero-order chi connectivity index (χ0) is 18.3. The first-order valence-electron chi connectivity index (χ1n) is 9.11. The normalized spacial score (nSPS) is 19.0. The van der Waals surface area contributed by atoms with E-state index < -0.39 is 5.60 Å². The molecule has 0 saturated carbocycles. The molecular formula is C25H18O2. The number of ketones is 1. The quantitative estimate of drug-likeness (QED) is 0.477. The molecule has 0 radical (unpaired) electrons. The van der Waals surface area contributed by atoms with Crippen LogP contribution < -0.4 is 0 Å². The van der Waals surface area contributed by atoms with Gasteiger partial charge in [-0.05, 0) is 21.9 Å². The number of fused-ring (bicyclic) bond motifs is 2. The van der Waals surface area contributed by atoms with Gasteiger partial charge in [0.25, 0.3) is 0 Å². The Kier molecular flexibility index (Phi) is 3.66. The smallest absolute Gasteiger partial charge is 0.204 e. The first kappa shape index (κ1) is 16.0. The van der Waals surface area contributed by atoms with Gasteiger partial charge in [-0.15, -0.1) is 0 Å². The van der Waals surface area contributed by atoms with E-state index >= 15 is 0 Å². The zero-order valence-corrected chi connectivity index (χ0v) is 14.8. The van der Waals surface area contributed by atoms with Gasteiger partial charge in [0.2, 0.25) is 5.78 Å². The summed E-state index contributed by atoms with van der Waals surface area (Å²) < 4.78 is 6.44. The maximum absolute atomic E-state index is 13.9. The van der Waals surface area contributed by atoms with Crippen molar-refractivity contribution in [2.75, 3.05) is 0 Å². The van der Waals surface area contributed by atoms with Gasteiger partial charge in [0.15, 0.2) is 5.60 Å². The van der Waals surface area contributed by atoms with E-state index in [1.807, 2.05) is 78.9 Å². The van der Waals surface area contributed by atoms with Crippen molar-refractivity contribution in [2.45, 2.75) is 12.2 Å². The Morgan fingerprint density at radius 3 is 2.30 bits per heavy atom. The fraction of sp³-hybridized carbons (Fsp3) is 0.0800. The standard InChI is InChI=1S/C25H18O2/c26-24-22-15-7-5-10-19(22)17-27-25(24,20-12-2-1-3-13-20)23-16-8-11-18-9-4-6-14-21(18)23/h1-16H,17H2. The summed E-state index contributed by atoms with van der Waals surface area (Å²) in [6.45, 7) is 0.403. The molecule has 0 aliphatic carbocycles. The van der Waals surface area contributed by atoms with E-state index in [9.17, 15) is 4.79 Å². The minimum atomic E-state index is -1.14. The summed E-state index contributed by atoms with van der Waals surface area (Å²) >= 11 is 0. The molecule has 1 aliphatic heterocycles. The molecule has 0 saturated heterocycles. The number of hydrogen-bond acceptors (Lipinski definition) is 2. The van der Waals surface area contributed by atoms with Crippen molar-refractivity contribution in [3.05, 3.63) is 119 Å². The lowest BCUT2D eigenvalue weighted by Gasteiger charge is -2.38. The summed E-state index contributed by atoms with van der Waals surface area (Å²) in [4.78, 5) is 13.9. The predicted molar refractivity (Wildman–Crippen MR) is 107 cm³/mol. The van der Waals surface area contributed by atoms with Crippen molar-refractivity contribution >= 4 is 16.6 Å². The molecule has 1 heterocycles. The summed E-state index contributed by atoms with van der Waals surface area (Å²) in [5.74, 6) is -0.00750. The average molecular weight is 350 g/mol. The number of benzene rings is 4. The fourth-order valence-corrected chi connectivity index (χ4v) is 4.08. The second-order valence-electron chi connectivity index (χ2n) is 6.85. The van der Waals surface area contributed by atoms with E-state index in [-0.39, 0.29) is 5.78 Å². The van der Waals surface area contributed by atoms with Crippen LogP contribution in [-0.2, 0) is 16.9 Å². The molecule has 4 aromatic carbocycles. The molecule has 0 bridgehead atoms. The molecule has 0 spiro atoms. The summed E-state index contributed by atoms with van der Waals surface area (Å²) in [6, 6.07) is 31.8. The molecule has 130 valence electrons. The topological polar surface area (TPSA) is 26.3 Å². The van der Waals surface area contributed by atoms with Gasteiger partial charge in [-0.1, -0.05) is 97.1 Å². The number of carbonyl (C=O) groups is 1. The van der Waals surface area contributed by atoms with Crippen LogP contribution in [0.5, 0.6) is 0 Å². The van der Waals surface area contributed by atoms with Gasteiger partial charge in [-0.25, -0.2) is 0 Å². The number of hydrogen-bond donors (Lipinski definition) is 0. The Morgan fingerprint density at radius 1 is 0.704 bits per heavy atom. The van der Waals surface area contributed by atoms with Gasteiger partial charge >= 0.3 is 0 Å². The van der Waals surface area contributed by atoms with Crippen LogP contribution in [0.25, 0.3) is 10.8 Å². The Bertz CT molecular complexity index is 1140. The van der Waals surface area contributed by atoms with Crippen molar-refractivity contribution < 1.29 is 9.53 Å². The van der Waals surface area contributed by atoms with E-state index in [4.69, 9.17) is 4.74 Å². The van der Waals surface area contributed by atoms with Gasteiger partial charge in [-0.3, -0.25) is 4.79 Å². The highest BCUT2D eigenvalue weighted by molar-refractivity contribution is 6.09. The third kappa shape index (κ3) is 2.34. The van der Waals surface area contributed by atoms with Crippen LogP contribution in [0.4, 0.5) is 0 Å². The molecule has 0 N–H and O–H groups in total. The molecule has 0 fully saturated rings. The summed E-state index contributed by atoms with van der Waals surface area (Å²) in [6.07, 6.45) is 0. The van der Waals surface area contributed by atoms with Crippen molar-refractivity contribution in [3.63, 3.8) is 0 Å². The second-order valence-corrected chi connectivity index (χ2v) is 6.85. The van der Waals surface area contributed by atoms with Gasteiger partial charge in [0, 0.05) is 11.1 Å². The molecule has 2 nitrogen and oxygen atoms in total. The number of ether oxygens (including phenoxy) is 1. The van der Waals surface area contributed by atoms with Crippen molar-refractivity contribution in [1.29, 1.82) is 0 Å². The van der Waals surface area contributed by atoms with Crippen molar-refractivity contribution in [2.24, 2.45) is 0 Å². The average Bonchev–Trinajstić information content (AvgIpc) is 2.75. The Balaban J connectivity index is 1.85. The third-order valence-electron chi connectivity index (χ3n) is 5.38. The second kappa shape index (κ2) is 6.19. The highest BCUT2D eigenvalue weighted by Gasteiger charge is 2.47. The lowest BCUT2D eigenvalue weighted by atomic mass is 9.76. The summed E-state index contributed by atoms with van der Waals surface area (Å²) in [7, 11) is 0. The molecule has 1 atom stereocenters. The maximum Gasteiger partial charge on any atom is 0.204 e. The lowest BCUT2D eigenvalue weighted by Crippen LogP contribution is -2.43. The Hall–Kier alpha value is -3.23. The summed E-state index contributed by atoms with van der Waals surface area (Å²) in [5, 5.41) is 2.14. The molecule has 4 aromatic rings. The molecule has 27 heavy (non-hydrogen) atoms. The SMILES string of the molecule is O=C1c2ccccc2COC1(c1ccccc1)c1cccc2ccccc12. The summed E-state index contributed by atoms with van der Waals surface area (Å²) in [5.41, 5.74) is 2.29. The van der Waals surface area contributed by atoms with E-state index in [1.165, 1.54) is 0 Å². The van der Waals surface area contributed by atoms with Crippen LogP contribution >= 0.6 is 0 Å².